The van der Waals surface area contributed by atoms with E-state index >= 15 is 0 Å². The summed E-state index contributed by atoms with van der Waals surface area (Å²) < 4.78 is 9.08. The molecule has 0 bridgehead atoms. The van der Waals surface area contributed by atoms with Crippen LogP contribution < -0.4 is 10.9 Å². The number of aromatic amines is 1. The zero-order valence-corrected chi connectivity index (χ0v) is 18.3. The fourth-order valence-electron chi connectivity index (χ4n) is 4.21. The van der Waals surface area contributed by atoms with Gasteiger partial charge < -0.3 is 15.0 Å². The van der Waals surface area contributed by atoms with Gasteiger partial charge in [0.25, 0.3) is 11.5 Å². The number of benzene rings is 1. The van der Waals surface area contributed by atoms with Gasteiger partial charge in [0, 0.05) is 36.6 Å². The number of amides is 1. The second kappa shape index (κ2) is 8.62. The summed E-state index contributed by atoms with van der Waals surface area (Å²) >= 11 is 0. The minimum absolute atomic E-state index is 0.0783. The molecule has 10 heteroatoms. The highest BCUT2D eigenvalue weighted by Gasteiger charge is 2.41. The molecule has 3 aromatic heterocycles. The number of hydrogen-bond donors (Lipinski definition) is 2. The molecule has 0 unspecified atom stereocenters. The van der Waals surface area contributed by atoms with E-state index in [9.17, 15) is 9.59 Å². The van der Waals surface area contributed by atoms with E-state index in [1.165, 1.54) is 10.6 Å². The van der Waals surface area contributed by atoms with Crippen molar-refractivity contribution in [1.82, 2.24) is 29.4 Å². The molecular formula is C23H25N7O3. The van der Waals surface area contributed by atoms with E-state index in [2.05, 4.69) is 25.5 Å². The average Bonchev–Trinajstić information content (AvgIpc) is 3.45. The van der Waals surface area contributed by atoms with Crippen molar-refractivity contribution in [3.63, 3.8) is 0 Å². The Morgan fingerprint density at radius 3 is 2.67 bits per heavy atom. The van der Waals surface area contributed by atoms with Gasteiger partial charge in [-0.05, 0) is 12.8 Å². The number of rotatable bonds is 6. The fraction of sp³-hybridized carbons (Fsp3) is 0.348. The molecular weight excluding hydrogens is 422 g/mol. The monoisotopic (exact) mass is 447 g/mol. The van der Waals surface area contributed by atoms with Crippen LogP contribution in [0, 0.1) is 0 Å². The Bertz CT molecular complexity index is 1330. The molecule has 1 fully saturated rings. The fourth-order valence-corrected chi connectivity index (χ4v) is 4.21. The first-order chi connectivity index (χ1) is 16.0. The number of anilines is 1. The number of hydrogen-bond acceptors (Lipinski definition) is 6. The van der Waals surface area contributed by atoms with Crippen LogP contribution in [0.4, 0.5) is 5.82 Å². The van der Waals surface area contributed by atoms with Crippen LogP contribution in [0.2, 0.25) is 0 Å². The van der Waals surface area contributed by atoms with Crippen LogP contribution in [0.15, 0.2) is 53.5 Å². The van der Waals surface area contributed by atoms with E-state index in [0.717, 1.165) is 24.8 Å². The van der Waals surface area contributed by atoms with E-state index < -0.39 is 5.60 Å². The Morgan fingerprint density at radius 2 is 1.94 bits per heavy atom. The zero-order valence-electron chi connectivity index (χ0n) is 18.3. The third-order valence-electron chi connectivity index (χ3n) is 5.95. The first-order valence-corrected chi connectivity index (χ1v) is 11.0. The van der Waals surface area contributed by atoms with E-state index in [0.29, 0.717) is 36.0 Å². The number of carbonyl (C=O) groups excluding carboxylic acids is 1. The summed E-state index contributed by atoms with van der Waals surface area (Å²) in [6.45, 7) is 0.0783. The zero-order chi connectivity index (χ0) is 22.8. The number of H-pyrrole nitrogens is 1. The van der Waals surface area contributed by atoms with Crippen LogP contribution in [0.5, 0.6) is 0 Å². The van der Waals surface area contributed by atoms with Gasteiger partial charge in [-0.2, -0.15) is 14.6 Å². The molecule has 33 heavy (non-hydrogen) atoms. The molecule has 0 saturated heterocycles. The number of aromatic nitrogens is 6. The summed E-state index contributed by atoms with van der Waals surface area (Å²) in [6.07, 6.45) is 5.85. The van der Waals surface area contributed by atoms with Crippen molar-refractivity contribution in [2.75, 3.05) is 5.32 Å². The van der Waals surface area contributed by atoms with Crippen molar-refractivity contribution in [1.29, 1.82) is 0 Å². The lowest BCUT2D eigenvalue weighted by atomic mass is 9.83. The highest BCUT2D eigenvalue weighted by molar-refractivity contribution is 5.96. The van der Waals surface area contributed by atoms with Crippen LogP contribution in [0.25, 0.3) is 17.2 Å². The molecule has 5 rings (SSSR count). The Kier molecular flexibility index (Phi) is 5.51. The van der Waals surface area contributed by atoms with Gasteiger partial charge in [0.05, 0.1) is 6.61 Å². The van der Waals surface area contributed by atoms with Crippen molar-refractivity contribution in [2.24, 2.45) is 7.05 Å². The lowest BCUT2D eigenvalue weighted by Crippen LogP contribution is -2.47. The number of aryl methyl sites for hydroxylation is 1. The summed E-state index contributed by atoms with van der Waals surface area (Å²) in [5, 5.41) is 11.4. The Hall–Kier alpha value is -3.79. The van der Waals surface area contributed by atoms with E-state index in [1.807, 2.05) is 30.3 Å². The minimum Gasteiger partial charge on any atom is -0.359 e. The third kappa shape index (κ3) is 4.29. The average molecular weight is 447 g/mol. The summed E-state index contributed by atoms with van der Waals surface area (Å²) in [4.78, 5) is 33.4. The second-order valence-corrected chi connectivity index (χ2v) is 8.34. The Balaban J connectivity index is 1.38. The van der Waals surface area contributed by atoms with E-state index in [4.69, 9.17) is 4.74 Å². The SMILES string of the molecule is Cn1ccc(NC(=O)C2(OCc3cc(=O)n4nc(-c5ccccc5)nc4[nH]3)CCCCC2)n1. The molecule has 1 aliphatic carbocycles. The summed E-state index contributed by atoms with van der Waals surface area (Å²) in [7, 11) is 1.79. The van der Waals surface area contributed by atoms with E-state index in [1.54, 1.807) is 24.0 Å². The highest BCUT2D eigenvalue weighted by Crippen LogP contribution is 2.33. The van der Waals surface area contributed by atoms with Crippen LogP contribution in [-0.2, 0) is 23.2 Å². The third-order valence-corrected chi connectivity index (χ3v) is 5.95. The molecule has 170 valence electrons. The summed E-state index contributed by atoms with van der Waals surface area (Å²) in [5.41, 5.74) is 0.0729. The van der Waals surface area contributed by atoms with Gasteiger partial charge >= 0.3 is 0 Å². The van der Waals surface area contributed by atoms with Gasteiger partial charge in [-0.1, -0.05) is 49.6 Å². The van der Waals surface area contributed by atoms with Crippen molar-refractivity contribution < 1.29 is 9.53 Å². The maximum atomic E-state index is 13.2. The van der Waals surface area contributed by atoms with Gasteiger partial charge in [-0.15, -0.1) is 5.10 Å². The van der Waals surface area contributed by atoms with Crippen LogP contribution in [0.3, 0.4) is 0 Å². The molecule has 1 amide bonds. The molecule has 1 aliphatic rings. The summed E-state index contributed by atoms with van der Waals surface area (Å²) in [6, 6.07) is 12.6. The highest BCUT2D eigenvalue weighted by atomic mass is 16.5. The van der Waals surface area contributed by atoms with Crippen molar-refractivity contribution in [3.05, 3.63) is 64.7 Å². The van der Waals surface area contributed by atoms with Crippen molar-refractivity contribution in [3.8, 4) is 11.4 Å². The number of nitrogens with one attached hydrogen (secondary N) is 2. The smallest absolute Gasteiger partial charge is 0.275 e. The van der Waals surface area contributed by atoms with Crippen LogP contribution in [0.1, 0.15) is 37.8 Å². The summed E-state index contributed by atoms with van der Waals surface area (Å²) in [5.74, 6) is 1.07. The van der Waals surface area contributed by atoms with Crippen molar-refractivity contribution in [2.45, 2.75) is 44.3 Å². The number of ether oxygens (including phenoxy) is 1. The second-order valence-electron chi connectivity index (χ2n) is 8.34. The Morgan fingerprint density at radius 1 is 1.15 bits per heavy atom. The molecule has 2 N–H and O–H groups in total. The predicted molar refractivity (Wildman–Crippen MR) is 121 cm³/mol. The van der Waals surface area contributed by atoms with Crippen LogP contribution >= 0.6 is 0 Å². The van der Waals surface area contributed by atoms with E-state index in [-0.39, 0.29) is 18.1 Å². The number of carbonyl (C=O) groups is 1. The molecule has 3 heterocycles. The Labute approximate surface area is 189 Å². The van der Waals surface area contributed by atoms with Crippen molar-refractivity contribution >= 4 is 17.5 Å². The largest absolute Gasteiger partial charge is 0.359 e. The first-order valence-electron chi connectivity index (χ1n) is 11.0. The maximum absolute atomic E-state index is 13.2. The molecule has 1 saturated carbocycles. The number of nitrogens with zero attached hydrogens (tertiary/aromatic N) is 5. The van der Waals surface area contributed by atoms with Gasteiger partial charge in [-0.25, -0.2) is 0 Å². The molecule has 0 spiro atoms. The standard InChI is InChI=1S/C23H25N7O3/c1-29-13-10-18(27-29)25-21(32)23(11-6-3-7-12-23)33-15-17-14-19(31)30-22(24-17)26-20(28-30)16-8-4-2-5-9-16/h2,4-5,8-10,13-14H,3,6-7,11-12,15H2,1H3,(H,24,26,28)(H,25,27,32). The van der Waals surface area contributed by atoms with Gasteiger partial charge in [-0.3, -0.25) is 14.3 Å². The van der Waals surface area contributed by atoms with Gasteiger partial charge in [0.15, 0.2) is 11.6 Å². The van der Waals surface area contributed by atoms with Gasteiger partial charge in [0.2, 0.25) is 5.78 Å². The molecule has 0 atom stereocenters. The molecule has 0 radical (unpaired) electrons. The molecule has 0 aliphatic heterocycles. The quantitative estimate of drug-likeness (QED) is 0.469. The topological polar surface area (TPSA) is 119 Å². The minimum atomic E-state index is -0.971. The lowest BCUT2D eigenvalue weighted by Gasteiger charge is -2.35. The first kappa shape index (κ1) is 21.1. The predicted octanol–water partition coefficient (Wildman–Crippen LogP) is 2.68. The molecule has 10 nitrogen and oxygen atoms in total. The normalized spacial score (nSPS) is 15.5. The lowest BCUT2D eigenvalue weighted by molar-refractivity contribution is -0.148. The number of fused-ring (bicyclic) bond motifs is 1. The van der Waals surface area contributed by atoms with Crippen LogP contribution in [-0.4, -0.2) is 40.9 Å². The maximum Gasteiger partial charge on any atom is 0.275 e. The molecule has 4 aromatic rings. The van der Waals surface area contributed by atoms with Gasteiger partial charge in [0.1, 0.15) is 5.60 Å². The molecule has 1 aromatic carbocycles.